The number of carbonyl (C=O) groups is 2. The minimum atomic E-state index is -1.09. The van der Waals surface area contributed by atoms with Crippen molar-refractivity contribution in [1.82, 2.24) is 0 Å². The van der Waals surface area contributed by atoms with Gasteiger partial charge in [0, 0.05) is 12.1 Å². The van der Waals surface area contributed by atoms with E-state index in [0.29, 0.717) is 0 Å². The van der Waals surface area contributed by atoms with Crippen LogP contribution in [0.15, 0.2) is 12.1 Å². The van der Waals surface area contributed by atoms with Crippen molar-refractivity contribution in [1.29, 1.82) is 0 Å². The second-order valence-corrected chi connectivity index (χ2v) is 2.89. The largest absolute Gasteiger partial charge is 0.318 e. The summed E-state index contributed by atoms with van der Waals surface area (Å²) in [6.45, 7) is 0. The number of nitro groups is 1. The summed E-state index contributed by atoms with van der Waals surface area (Å²) in [6.07, 6.45) is 0. The van der Waals surface area contributed by atoms with Crippen molar-refractivity contribution in [2.45, 2.75) is 0 Å². The van der Waals surface area contributed by atoms with Gasteiger partial charge in [0.25, 0.3) is 11.7 Å². The molecule has 0 radical (unpaired) electrons. The predicted molar refractivity (Wildman–Crippen MR) is 46.0 cm³/mol. The molecule has 15 heavy (non-hydrogen) atoms. The molecule has 0 unspecified atom stereocenters. The molecule has 1 aromatic carbocycles. The Labute approximate surface area is 81.8 Å². The molecular weight excluding hydrogens is 207 g/mol. The molecule has 0 saturated heterocycles. The molecule has 0 bridgehead atoms. The number of fused-ring (bicyclic) bond motifs is 1. The van der Waals surface area contributed by atoms with E-state index in [0.717, 1.165) is 12.1 Å². The number of nitrogens with one attached hydrogen (secondary N) is 1. The molecule has 0 fully saturated rings. The maximum absolute atomic E-state index is 13.0. The second-order valence-electron chi connectivity index (χ2n) is 2.89. The summed E-state index contributed by atoms with van der Waals surface area (Å²) in [6, 6.07) is 1.52. The van der Waals surface area contributed by atoms with E-state index in [4.69, 9.17) is 0 Å². The summed E-state index contributed by atoms with van der Waals surface area (Å²) in [7, 11) is 0. The lowest BCUT2D eigenvalue weighted by Gasteiger charge is -1.97. The van der Waals surface area contributed by atoms with Crippen LogP contribution in [-0.4, -0.2) is 16.6 Å². The Morgan fingerprint density at radius 2 is 2.00 bits per heavy atom. The van der Waals surface area contributed by atoms with Crippen LogP contribution in [0.25, 0.3) is 0 Å². The van der Waals surface area contributed by atoms with Gasteiger partial charge < -0.3 is 5.32 Å². The molecule has 0 atom stereocenters. The van der Waals surface area contributed by atoms with E-state index in [9.17, 15) is 24.1 Å². The van der Waals surface area contributed by atoms with E-state index in [1.54, 1.807) is 0 Å². The molecule has 7 heteroatoms. The van der Waals surface area contributed by atoms with E-state index < -0.39 is 28.1 Å². The Morgan fingerprint density at radius 1 is 1.33 bits per heavy atom. The molecule has 76 valence electrons. The molecule has 1 aliphatic rings. The van der Waals surface area contributed by atoms with Crippen LogP contribution in [-0.2, 0) is 4.79 Å². The van der Waals surface area contributed by atoms with Gasteiger partial charge in [-0.1, -0.05) is 0 Å². The van der Waals surface area contributed by atoms with Crippen molar-refractivity contribution in [3.05, 3.63) is 33.6 Å². The predicted octanol–water partition coefficient (Wildman–Crippen LogP) is 0.869. The summed E-state index contributed by atoms with van der Waals surface area (Å²) >= 11 is 0. The third-order valence-corrected chi connectivity index (χ3v) is 1.98. The standard InChI is InChI=1S/C8H3FN2O4/c9-4-2-5-3(1-6(4)11(14)15)7(12)8(13)10-5/h1-2H,(H,10,12,13). The van der Waals surface area contributed by atoms with Gasteiger partial charge in [0.2, 0.25) is 5.82 Å². The van der Waals surface area contributed by atoms with Crippen molar-refractivity contribution in [2.24, 2.45) is 0 Å². The number of ketones is 1. The Morgan fingerprint density at radius 3 is 2.60 bits per heavy atom. The lowest BCUT2D eigenvalue weighted by Crippen LogP contribution is -2.12. The van der Waals surface area contributed by atoms with Crippen LogP contribution >= 0.6 is 0 Å². The van der Waals surface area contributed by atoms with Crippen molar-refractivity contribution < 1.29 is 18.9 Å². The van der Waals surface area contributed by atoms with Gasteiger partial charge in [0.1, 0.15) is 0 Å². The molecule has 0 aliphatic carbocycles. The van der Waals surface area contributed by atoms with Gasteiger partial charge in [-0.15, -0.1) is 0 Å². The molecule has 1 N–H and O–H groups in total. The third-order valence-electron chi connectivity index (χ3n) is 1.98. The minimum absolute atomic E-state index is 0.0342. The first-order valence-corrected chi connectivity index (χ1v) is 3.84. The summed E-state index contributed by atoms with van der Waals surface area (Å²) < 4.78 is 13.0. The number of hydrogen-bond acceptors (Lipinski definition) is 4. The fourth-order valence-corrected chi connectivity index (χ4v) is 1.29. The number of nitro benzene ring substituents is 1. The molecule has 1 heterocycles. The zero-order valence-electron chi connectivity index (χ0n) is 7.11. The first-order chi connectivity index (χ1) is 7.00. The number of nitrogens with zero attached hydrogens (tertiary/aromatic N) is 1. The molecule has 1 aromatic rings. The normalized spacial score (nSPS) is 13.7. The number of rotatable bonds is 1. The highest BCUT2D eigenvalue weighted by Gasteiger charge is 2.31. The fraction of sp³-hybridized carbons (Fsp3) is 0. The second kappa shape index (κ2) is 2.84. The number of carbonyl (C=O) groups excluding carboxylic acids is 2. The number of halogens is 1. The Balaban J connectivity index is 2.65. The average molecular weight is 210 g/mol. The molecule has 6 nitrogen and oxygen atoms in total. The van der Waals surface area contributed by atoms with Crippen LogP contribution in [0.1, 0.15) is 10.4 Å². The van der Waals surface area contributed by atoms with Crippen molar-refractivity contribution in [3.8, 4) is 0 Å². The van der Waals surface area contributed by atoms with Gasteiger partial charge in [-0.2, -0.15) is 4.39 Å². The quantitative estimate of drug-likeness (QED) is 0.423. The maximum atomic E-state index is 13.0. The van der Waals surface area contributed by atoms with Crippen LogP contribution in [0.3, 0.4) is 0 Å². The molecule has 2 rings (SSSR count). The highest BCUT2D eigenvalue weighted by Crippen LogP contribution is 2.29. The summed E-state index contributed by atoms with van der Waals surface area (Å²) in [5.74, 6) is -2.90. The smallest absolute Gasteiger partial charge is 0.305 e. The van der Waals surface area contributed by atoms with E-state index >= 15 is 0 Å². The SMILES string of the molecule is O=C1Nc2cc(F)c([N+](=O)[O-])cc2C1=O. The van der Waals surface area contributed by atoms with E-state index in [1.807, 2.05) is 0 Å². The Bertz CT molecular complexity index is 512. The summed E-state index contributed by atoms with van der Waals surface area (Å²) in [4.78, 5) is 31.4. The van der Waals surface area contributed by atoms with Gasteiger partial charge in [0.15, 0.2) is 0 Å². The van der Waals surface area contributed by atoms with Crippen molar-refractivity contribution >= 4 is 23.1 Å². The Kier molecular flexibility index (Phi) is 1.75. The van der Waals surface area contributed by atoms with Gasteiger partial charge in [-0.05, 0) is 0 Å². The fourth-order valence-electron chi connectivity index (χ4n) is 1.29. The maximum Gasteiger partial charge on any atom is 0.305 e. The average Bonchev–Trinajstić information content (AvgIpc) is 2.41. The molecule has 0 aromatic heterocycles. The lowest BCUT2D eigenvalue weighted by molar-refractivity contribution is -0.387. The number of anilines is 1. The first-order valence-electron chi connectivity index (χ1n) is 3.84. The molecule has 0 spiro atoms. The van der Waals surface area contributed by atoms with Gasteiger partial charge in [0.05, 0.1) is 16.2 Å². The highest BCUT2D eigenvalue weighted by atomic mass is 19.1. The van der Waals surface area contributed by atoms with Crippen LogP contribution in [0.4, 0.5) is 15.8 Å². The number of hydrogen-bond donors (Lipinski definition) is 1. The van der Waals surface area contributed by atoms with Crippen LogP contribution in [0.5, 0.6) is 0 Å². The van der Waals surface area contributed by atoms with Crippen LogP contribution < -0.4 is 5.32 Å². The lowest BCUT2D eigenvalue weighted by atomic mass is 10.1. The van der Waals surface area contributed by atoms with Gasteiger partial charge in [-0.25, -0.2) is 0 Å². The van der Waals surface area contributed by atoms with Crippen LogP contribution in [0, 0.1) is 15.9 Å². The zero-order chi connectivity index (χ0) is 11.2. The van der Waals surface area contributed by atoms with Gasteiger partial charge in [-0.3, -0.25) is 19.7 Å². The van der Waals surface area contributed by atoms with Gasteiger partial charge >= 0.3 is 5.69 Å². The zero-order valence-corrected chi connectivity index (χ0v) is 7.11. The molecular formula is C8H3FN2O4. The van der Waals surface area contributed by atoms with Crippen molar-refractivity contribution in [2.75, 3.05) is 5.32 Å². The number of amides is 1. The summed E-state index contributed by atoms with van der Waals surface area (Å²) in [5.41, 5.74) is -1.03. The van der Waals surface area contributed by atoms with Crippen LogP contribution in [0.2, 0.25) is 0 Å². The molecule has 1 aliphatic heterocycles. The first kappa shape index (κ1) is 9.25. The number of Topliss-reactive ketones (excluding diaryl/α,β-unsaturated/α-hetero) is 1. The highest BCUT2D eigenvalue weighted by molar-refractivity contribution is 6.51. The Hall–Kier alpha value is -2.31. The topological polar surface area (TPSA) is 89.3 Å². The van der Waals surface area contributed by atoms with E-state index in [-0.39, 0.29) is 11.3 Å². The minimum Gasteiger partial charge on any atom is -0.318 e. The third kappa shape index (κ3) is 1.25. The van der Waals surface area contributed by atoms with E-state index in [1.165, 1.54) is 0 Å². The number of benzene rings is 1. The molecule has 1 amide bonds. The molecule has 0 saturated carbocycles. The summed E-state index contributed by atoms with van der Waals surface area (Å²) in [5, 5.41) is 12.5. The monoisotopic (exact) mass is 210 g/mol. The van der Waals surface area contributed by atoms with E-state index in [2.05, 4.69) is 5.32 Å². The van der Waals surface area contributed by atoms with Crippen molar-refractivity contribution in [3.63, 3.8) is 0 Å².